The highest BCUT2D eigenvalue weighted by atomic mass is 16.5. The van der Waals surface area contributed by atoms with E-state index in [2.05, 4.69) is 17.3 Å². The van der Waals surface area contributed by atoms with Gasteiger partial charge in [0.2, 0.25) is 5.91 Å². The third kappa shape index (κ3) is 6.47. The molecule has 1 heterocycles. The maximum absolute atomic E-state index is 12.0. The van der Waals surface area contributed by atoms with Crippen LogP contribution in [-0.2, 0) is 9.53 Å². The Morgan fingerprint density at radius 1 is 1.29 bits per heavy atom. The van der Waals surface area contributed by atoms with Crippen LogP contribution >= 0.6 is 0 Å². The molecule has 6 heteroatoms. The van der Waals surface area contributed by atoms with E-state index in [1.165, 1.54) is 0 Å². The van der Waals surface area contributed by atoms with Crippen molar-refractivity contribution in [3.8, 4) is 5.75 Å². The van der Waals surface area contributed by atoms with Gasteiger partial charge in [0, 0.05) is 32.4 Å². The summed E-state index contributed by atoms with van der Waals surface area (Å²) in [6.07, 6.45) is 2.40. The molecule has 1 fully saturated rings. The molecular weight excluding hydrogens is 306 g/mol. The molecule has 0 spiro atoms. The van der Waals surface area contributed by atoms with E-state index >= 15 is 0 Å². The maximum Gasteiger partial charge on any atom is 0.238 e. The van der Waals surface area contributed by atoms with Crippen molar-refractivity contribution in [1.29, 1.82) is 0 Å². The van der Waals surface area contributed by atoms with Gasteiger partial charge in [-0.3, -0.25) is 9.69 Å². The fourth-order valence-electron chi connectivity index (χ4n) is 2.68. The van der Waals surface area contributed by atoms with Gasteiger partial charge < -0.3 is 19.7 Å². The molecule has 1 aromatic rings. The van der Waals surface area contributed by atoms with Gasteiger partial charge in [0.25, 0.3) is 0 Å². The van der Waals surface area contributed by atoms with Gasteiger partial charge in [-0.05, 0) is 51.2 Å². The highest BCUT2D eigenvalue weighted by Gasteiger charge is 2.17. The molecule has 0 saturated carbocycles. The third-order valence-electron chi connectivity index (χ3n) is 4.20. The van der Waals surface area contributed by atoms with Crippen LogP contribution in [0, 0.1) is 0 Å². The molecular formula is C18H29N3O3. The van der Waals surface area contributed by atoms with Gasteiger partial charge in [0.05, 0.1) is 13.2 Å². The van der Waals surface area contributed by atoms with E-state index in [9.17, 15) is 4.79 Å². The van der Waals surface area contributed by atoms with E-state index in [0.717, 1.165) is 43.9 Å². The van der Waals surface area contributed by atoms with E-state index in [-0.39, 0.29) is 12.0 Å². The summed E-state index contributed by atoms with van der Waals surface area (Å²) in [5.41, 5.74) is 0.788. The van der Waals surface area contributed by atoms with Crippen LogP contribution in [0.25, 0.3) is 0 Å². The Labute approximate surface area is 144 Å². The number of hydrogen-bond acceptors (Lipinski definition) is 5. The number of carbonyl (C=O) groups is 1. The number of likely N-dealkylation sites (tertiary alicyclic amines) is 1. The average molecular weight is 335 g/mol. The lowest BCUT2D eigenvalue weighted by Gasteiger charge is -2.29. The van der Waals surface area contributed by atoms with Gasteiger partial charge in [0.1, 0.15) is 11.9 Å². The smallest absolute Gasteiger partial charge is 0.238 e. The molecule has 1 aliphatic heterocycles. The molecule has 2 rings (SSSR count). The maximum atomic E-state index is 12.0. The quantitative estimate of drug-likeness (QED) is 0.783. The minimum Gasteiger partial charge on any atom is -0.490 e. The monoisotopic (exact) mass is 335 g/mol. The first-order valence-electron chi connectivity index (χ1n) is 8.49. The van der Waals surface area contributed by atoms with E-state index in [1.54, 1.807) is 7.11 Å². The number of nitrogens with one attached hydrogen (secondary N) is 1. The summed E-state index contributed by atoms with van der Waals surface area (Å²) in [6.45, 7) is 3.85. The minimum absolute atomic E-state index is 0.0300. The number of carbonyl (C=O) groups excluding carboxylic acids is 1. The molecule has 1 saturated heterocycles. The van der Waals surface area contributed by atoms with Crippen LogP contribution in [0.15, 0.2) is 24.3 Å². The Bertz CT molecular complexity index is 499. The molecule has 1 aromatic carbocycles. The van der Waals surface area contributed by atoms with Crippen molar-refractivity contribution in [2.24, 2.45) is 0 Å². The van der Waals surface area contributed by atoms with Crippen molar-refractivity contribution >= 4 is 11.6 Å². The average Bonchev–Trinajstić information content (AvgIpc) is 2.57. The second-order valence-electron chi connectivity index (χ2n) is 6.42. The largest absolute Gasteiger partial charge is 0.490 e. The molecule has 24 heavy (non-hydrogen) atoms. The van der Waals surface area contributed by atoms with Crippen LogP contribution in [0.2, 0.25) is 0 Å². The fourth-order valence-corrected chi connectivity index (χ4v) is 2.68. The number of likely N-dealkylation sites (N-methyl/N-ethyl adjacent to an activating group) is 1. The van der Waals surface area contributed by atoms with Crippen molar-refractivity contribution in [2.75, 3.05) is 59.3 Å². The Morgan fingerprint density at radius 3 is 2.58 bits per heavy atom. The first-order chi connectivity index (χ1) is 11.6. The molecule has 0 radical (unpaired) electrons. The van der Waals surface area contributed by atoms with Crippen LogP contribution < -0.4 is 10.1 Å². The second-order valence-corrected chi connectivity index (χ2v) is 6.42. The van der Waals surface area contributed by atoms with E-state index < -0.39 is 0 Å². The van der Waals surface area contributed by atoms with Crippen LogP contribution in [0.5, 0.6) is 5.75 Å². The Balaban J connectivity index is 1.76. The molecule has 1 aliphatic rings. The molecule has 0 aliphatic carbocycles. The predicted molar refractivity (Wildman–Crippen MR) is 95.6 cm³/mol. The molecule has 6 nitrogen and oxygen atoms in total. The van der Waals surface area contributed by atoms with Crippen LogP contribution in [-0.4, -0.2) is 75.8 Å². The molecule has 1 N–H and O–H groups in total. The standard InChI is InChI=1S/C18H29N3O3/c1-20-10-8-17(9-11-20)24-16-6-4-15(5-7-16)19-18(22)14-21(2)12-13-23-3/h4-7,17H,8-14H2,1-3H3,(H,19,22). The number of amides is 1. The molecule has 0 unspecified atom stereocenters. The first kappa shape index (κ1) is 18.7. The normalized spacial score (nSPS) is 16.3. The minimum atomic E-state index is -0.0300. The summed E-state index contributed by atoms with van der Waals surface area (Å²) in [4.78, 5) is 16.2. The van der Waals surface area contributed by atoms with Gasteiger partial charge in [-0.25, -0.2) is 0 Å². The highest BCUT2D eigenvalue weighted by molar-refractivity contribution is 5.92. The Hall–Kier alpha value is -1.63. The Morgan fingerprint density at radius 2 is 1.96 bits per heavy atom. The number of ether oxygens (including phenoxy) is 2. The number of nitrogens with zero attached hydrogens (tertiary/aromatic N) is 2. The van der Waals surface area contributed by atoms with Crippen molar-refractivity contribution in [2.45, 2.75) is 18.9 Å². The number of benzene rings is 1. The van der Waals surface area contributed by atoms with Crippen molar-refractivity contribution in [3.05, 3.63) is 24.3 Å². The lowest BCUT2D eigenvalue weighted by molar-refractivity contribution is -0.117. The van der Waals surface area contributed by atoms with E-state index in [1.807, 2.05) is 36.2 Å². The summed E-state index contributed by atoms with van der Waals surface area (Å²) in [7, 11) is 5.70. The lowest BCUT2D eigenvalue weighted by Crippen LogP contribution is -2.35. The summed E-state index contributed by atoms with van der Waals surface area (Å²) >= 11 is 0. The number of methoxy groups -OCH3 is 1. The second kappa shape index (κ2) is 9.61. The van der Waals surface area contributed by atoms with Crippen molar-refractivity contribution < 1.29 is 14.3 Å². The summed E-state index contributed by atoms with van der Waals surface area (Å²) in [6, 6.07) is 7.61. The number of anilines is 1. The van der Waals surface area contributed by atoms with Gasteiger partial charge in [-0.1, -0.05) is 0 Å². The highest BCUT2D eigenvalue weighted by Crippen LogP contribution is 2.20. The van der Waals surface area contributed by atoms with Gasteiger partial charge in [-0.15, -0.1) is 0 Å². The number of rotatable bonds is 8. The molecule has 1 amide bonds. The third-order valence-corrected chi connectivity index (χ3v) is 4.20. The van der Waals surface area contributed by atoms with Gasteiger partial charge >= 0.3 is 0 Å². The zero-order chi connectivity index (χ0) is 17.4. The molecule has 0 atom stereocenters. The van der Waals surface area contributed by atoms with E-state index in [4.69, 9.17) is 9.47 Å². The lowest BCUT2D eigenvalue weighted by atomic mass is 10.1. The molecule has 0 bridgehead atoms. The number of hydrogen-bond donors (Lipinski definition) is 1. The van der Waals surface area contributed by atoms with Crippen LogP contribution in [0.1, 0.15) is 12.8 Å². The molecule has 134 valence electrons. The van der Waals surface area contributed by atoms with Gasteiger partial charge in [0.15, 0.2) is 0 Å². The Kier molecular flexibility index (Phi) is 7.49. The fraction of sp³-hybridized carbons (Fsp3) is 0.611. The molecule has 0 aromatic heterocycles. The predicted octanol–water partition coefficient (Wildman–Crippen LogP) is 1.68. The number of piperidine rings is 1. The van der Waals surface area contributed by atoms with Crippen LogP contribution in [0.4, 0.5) is 5.69 Å². The zero-order valence-electron chi connectivity index (χ0n) is 15.0. The summed E-state index contributed by atoms with van der Waals surface area (Å²) < 4.78 is 11.0. The summed E-state index contributed by atoms with van der Waals surface area (Å²) in [5.74, 6) is 0.831. The van der Waals surface area contributed by atoms with Crippen molar-refractivity contribution in [1.82, 2.24) is 9.80 Å². The summed E-state index contributed by atoms with van der Waals surface area (Å²) in [5, 5.41) is 2.90. The first-order valence-corrected chi connectivity index (χ1v) is 8.49. The van der Waals surface area contributed by atoms with E-state index in [0.29, 0.717) is 13.2 Å². The van der Waals surface area contributed by atoms with Crippen LogP contribution in [0.3, 0.4) is 0 Å². The van der Waals surface area contributed by atoms with Gasteiger partial charge in [-0.2, -0.15) is 0 Å². The SMILES string of the molecule is COCCN(C)CC(=O)Nc1ccc(OC2CCN(C)CC2)cc1. The topological polar surface area (TPSA) is 54.0 Å². The zero-order valence-corrected chi connectivity index (χ0v) is 15.0. The van der Waals surface area contributed by atoms with Crippen molar-refractivity contribution in [3.63, 3.8) is 0 Å².